The molecule has 122 valence electrons. The Hall–Kier alpha value is -2.09. The third-order valence-corrected chi connectivity index (χ3v) is 3.25. The van der Waals surface area contributed by atoms with Crippen LogP contribution in [0.1, 0.15) is 24.5 Å². The molecular formula is C14H18F3N3O2. The minimum Gasteiger partial charge on any atom is -0.367 e. The van der Waals surface area contributed by atoms with Crippen LogP contribution in [0.2, 0.25) is 0 Å². The average Bonchev–Trinajstić information content (AvgIpc) is 2.44. The van der Waals surface area contributed by atoms with Crippen molar-refractivity contribution in [2.24, 2.45) is 5.73 Å². The van der Waals surface area contributed by atoms with Gasteiger partial charge in [-0.2, -0.15) is 13.2 Å². The predicted octanol–water partition coefficient (Wildman–Crippen LogP) is 1.13. The van der Waals surface area contributed by atoms with E-state index in [1.807, 2.05) is 0 Å². The minimum absolute atomic E-state index is 0.0207. The van der Waals surface area contributed by atoms with Crippen molar-refractivity contribution in [3.8, 4) is 0 Å². The molecule has 1 aromatic rings. The number of alkyl halides is 3. The highest BCUT2D eigenvalue weighted by Crippen LogP contribution is 2.32. The molecule has 0 aliphatic heterocycles. The summed E-state index contributed by atoms with van der Waals surface area (Å²) >= 11 is 0. The number of carbonyl (C=O) groups is 2. The zero-order valence-corrected chi connectivity index (χ0v) is 12.3. The minimum atomic E-state index is -4.55. The molecule has 1 aromatic carbocycles. The van der Waals surface area contributed by atoms with Gasteiger partial charge in [0.25, 0.3) is 0 Å². The first kappa shape index (κ1) is 18.0. The molecule has 0 fully saturated rings. The number of hydrogen-bond acceptors (Lipinski definition) is 3. The van der Waals surface area contributed by atoms with Gasteiger partial charge in [0.05, 0.1) is 5.56 Å². The van der Waals surface area contributed by atoms with E-state index in [4.69, 9.17) is 5.73 Å². The molecule has 2 amide bonds. The van der Waals surface area contributed by atoms with E-state index < -0.39 is 29.1 Å². The highest BCUT2D eigenvalue weighted by Gasteiger charge is 2.37. The molecule has 4 N–H and O–H groups in total. The van der Waals surface area contributed by atoms with Gasteiger partial charge in [-0.05, 0) is 31.7 Å². The second-order valence-electron chi connectivity index (χ2n) is 4.97. The molecule has 0 saturated heterocycles. The van der Waals surface area contributed by atoms with E-state index >= 15 is 0 Å². The van der Waals surface area contributed by atoms with Gasteiger partial charge in [0.1, 0.15) is 5.54 Å². The second kappa shape index (κ2) is 6.78. The van der Waals surface area contributed by atoms with Crippen molar-refractivity contribution in [3.05, 3.63) is 35.4 Å². The summed E-state index contributed by atoms with van der Waals surface area (Å²) in [5.41, 5.74) is 2.64. The number of benzene rings is 1. The molecule has 0 aromatic heterocycles. The number of halogens is 3. The van der Waals surface area contributed by atoms with Gasteiger partial charge in [0.2, 0.25) is 11.8 Å². The Bertz CT molecular complexity index is 561. The van der Waals surface area contributed by atoms with E-state index in [0.29, 0.717) is 6.54 Å². The van der Waals surface area contributed by atoms with Gasteiger partial charge in [-0.25, -0.2) is 0 Å². The first-order valence-electron chi connectivity index (χ1n) is 6.54. The molecule has 22 heavy (non-hydrogen) atoms. The van der Waals surface area contributed by atoms with Crippen molar-refractivity contribution in [2.75, 3.05) is 13.6 Å². The average molecular weight is 317 g/mol. The summed E-state index contributed by atoms with van der Waals surface area (Å²) in [6, 6.07) is 4.17. The van der Waals surface area contributed by atoms with Gasteiger partial charge >= 0.3 is 6.18 Å². The third kappa shape index (κ3) is 4.20. The molecule has 0 bridgehead atoms. The maximum Gasteiger partial charge on any atom is 0.416 e. The Morgan fingerprint density at radius 2 is 1.82 bits per heavy atom. The number of hydrogen-bond donors (Lipinski definition) is 3. The fourth-order valence-electron chi connectivity index (χ4n) is 1.86. The Morgan fingerprint density at radius 3 is 2.32 bits per heavy atom. The van der Waals surface area contributed by atoms with Gasteiger partial charge in [-0.1, -0.05) is 12.1 Å². The van der Waals surface area contributed by atoms with Crippen LogP contribution in [0.15, 0.2) is 24.3 Å². The molecule has 0 radical (unpaired) electrons. The van der Waals surface area contributed by atoms with Crippen molar-refractivity contribution in [1.82, 2.24) is 10.6 Å². The Kier molecular flexibility index (Phi) is 5.54. The third-order valence-electron chi connectivity index (χ3n) is 3.25. The van der Waals surface area contributed by atoms with Crippen molar-refractivity contribution in [3.63, 3.8) is 0 Å². The largest absolute Gasteiger partial charge is 0.416 e. The van der Waals surface area contributed by atoms with E-state index in [-0.39, 0.29) is 12.0 Å². The van der Waals surface area contributed by atoms with Gasteiger partial charge in [0.15, 0.2) is 0 Å². The van der Waals surface area contributed by atoms with Gasteiger partial charge < -0.3 is 16.4 Å². The lowest BCUT2D eigenvalue weighted by Crippen LogP contribution is -2.53. The summed E-state index contributed by atoms with van der Waals surface area (Å²) in [5.74, 6) is -1.43. The lowest BCUT2D eigenvalue weighted by atomic mass is 9.89. The van der Waals surface area contributed by atoms with Crippen molar-refractivity contribution < 1.29 is 22.8 Å². The van der Waals surface area contributed by atoms with Gasteiger partial charge in [-0.15, -0.1) is 0 Å². The maximum absolute atomic E-state index is 12.8. The van der Waals surface area contributed by atoms with Crippen molar-refractivity contribution in [1.29, 1.82) is 0 Å². The number of primary amides is 1. The molecule has 1 atom stereocenters. The Balaban J connectivity index is 3.14. The lowest BCUT2D eigenvalue weighted by molar-refractivity contribution is -0.138. The van der Waals surface area contributed by atoms with Gasteiger partial charge in [-0.3, -0.25) is 9.59 Å². The zero-order valence-electron chi connectivity index (χ0n) is 12.3. The van der Waals surface area contributed by atoms with E-state index in [1.54, 1.807) is 7.05 Å². The van der Waals surface area contributed by atoms with Gasteiger partial charge in [0, 0.05) is 13.0 Å². The zero-order chi connectivity index (χ0) is 17.0. The van der Waals surface area contributed by atoms with E-state index in [1.165, 1.54) is 19.1 Å². The van der Waals surface area contributed by atoms with E-state index in [0.717, 1.165) is 12.1 Å². The summed E-state index contributed by atoms with van der Waals surface area (Å²) in [4.78, 5) is 23.5. The van der Waals surface area contributed by atoms with Crippen LogP contribution >= 0.6 is 0 Å². The standard InChI is InChI=1S/C14H18F3N3O2/c1-13(12(18)22,20-11(21)6-7-19-2)9-4-3-5-10(8-9)14(15,16)17/h3-5,8,19H,6-7H2,1-2H3,(H2,18,22)(H,20,21). The predicted molar refractivity (Wildman–Crippen MR) is 74.7 cm³/mol. The van der Waals surface area contributed by atoms with Crippen LogP contribution in [-0.2, 0) is 21.3 Å². The molecule has 0 aliphatic carbocycles. The first-order chi connectivity index (χ1) is 10.1. The SMILES string of the molecule is CNCCC(=O)NC(C)(C(N)=O)c1cccc(C(F)(F)F)c1. The molecule has 8 heteroatoms. The topological polar surface area (TPSA) is 84.2 Å². The maximum atomic E-state index is 12.8. The number of nitrogens with two attached hydrogens (primary N) is 1. The number of rotatable bonds is 6. The molecule has 0 spiro atoms. The fourth-order valence-corrected chi connectivity index (χ4v) is 1.86. The first-order valence-corrected chi connectivity index (χ1v) is 6.54. The van der Waals surface area contributed by atoms with Crippen LogP contribution in [0.25, 0.3) is 0 Å². The fraction of sp³-hybridized carbons (Fsp3) is 0.429. The summed E-state index contributed by atoms with van der Waals surface area (Å²) in [7, 11) is 1.65. The van der Waals surface area contributed by atoms with Crippen LogP contribution in [-0.4, -0.2) is 25.4 Å². The molecular weight excluding hydrogens is 299 g/mol. The summed E-state index contributed by atoms with van der Waals surface area (Å²) in [6.45, 7) is 1.64. The smallest absolute Gasteiger partial charge is 0.367 e. The molecule has 5 nitrogen and oxygen atoms in total. The van der Waals surface area contributed by atoms with E-state index in [9.17, 15) is 22.8 Å². The second-order valence-corrected chi connectivity index (χ2v) is 4.97. The molecule has 1 rings (SSSR count). The summed E-state index contributed by atoms with van der Waals surface area (Å²) in [6.07, 6.45) is -4.48. The highest BCUT2D eigenvalue weighted by atomic mass is 19.4. The van der Waals surface area contributed by atoms with Crippen molar-refractivity contribution >= 4 is 11.8 Å². The van der Waals surface area contributed by atoms with Crippen LogP contribution in [0.4, 0.5) is 13.2 Å². The quantitative estimate of drug-likeness (QED) is 0.735. The molecule has 0 aliphatic rings. The normalized spacial score (nSPS) is 14.2. The number of amides is 2. The van der Waals surface area contributed by atoms with Crippen LogP contribution in [0.3, 0.4) is 0 Å². The number of carbonyl (C=O) groups excluding carboxylic acids is 2. The molecule has 0 heterocycles. The summed E-state index contributed by atoms with van der Waals surface area (Å²) in [5, 5.41) is 5.16. The highest BCUT2D eigenvalue weighted by molar-refractivity contribution is 5.91. The Morgan fingerprint density at radius 1 is 1.23 bits per heavy atom. The van der Waals surface area contributed by atoms with Crippen LogP contribution in [0.5, 0.6) is 0 Å². The summed E-state index contributed by atoms with van der Waals surface area (Å²) < 4.78 is 38.3. The van der Waals surface area contributed by atoms with Crippen LogP contribution in [0, 0.1) is 0 Å². The monoisotopic (exact) mass is 317 g/mol. The molecule has 0 saturated carbocycles. The Labute approximate surface area is 126 Å². The molecule has 1 unspecified atom stereocenters. The van der Waals surface area contributed by atoms with E-state index in [2.05, 4.69) is 10.6 Å². The van der Waals surface area contributed by atoms with Crippen LogP contribution < -0.4 is 16.4 Å². The number of nitrogens with one attached hydrogen (secondary N) is 2. The van der Waals surface area contributed by atoms with Crippen molar-refractivity contribution in [2.45, 2.75) is 25.1 Å². The lowest BCUT2D eigenvalue weighted by Gasteiger charge is -2.28.